The van der Waals surface area contributed by atoms with Gasteiger partial charge in [0.1, 0.15) is 0 Å². The molecule has 0 aliphatic heterocycles. The van der Waals surface area contributed by atoms with Crippen LogP contribution >= 0.6 is 0 Å². The third-order valence-electron chi connectivity index (χ3n) is 4.17. The minimum Gasteiger partial charge on any atom is -0.379 e. The van der Waals surface area contributed by atoms with Gasteiger partial charge in [0, 0.05) is 11.4 Å². The largest absolute Gasteiger partial charge is 0.379 e. The van der Waals surface area contributed by atoms with E-state index in [1.165, 1.54) is 0 Å². The Morgan fingerprint density at radius 2 is 1.65 bits per heavy atom. The molecular weight excluding hydrogens is 326 g/mol. The summed E-state index contributed by atoms with van der Waals surface area (Å²) < 4.78 is 0. The van der Waals surface area contributed by atoms with Crippen LogP contribution in [-0.2, 0) is 11.3 Å². The van der Waals surface area contributed by atoms with Gasteiger partial charge in [-0.2, -0.15) is 0 Å². The molecule has 0 fully saturated rings. The molecule has 5 heteroatoms. The van der Waals surface area contributed by atoms with Crippen molar-refractivity contribution in [3.8, 4) is 0 Å². The number of hydrogen-bond acceptors (Lipinski definition) is 4. The summed E-state index contributed by atoms with van der Waals surface area (Å²) in [4.78, 5) is 16.6. The van der Waals surface area contributed by atoms with Crippen molar-refractivity contribution in [1.82, 2.24) is 10.5 Å². The third kappa shape index (κ3) is 4.26. The number of benzene rings is 2. The van der Waals surface area contributed by atoms with Gasteiger partial charge < -0.3 is 5.32 Å². The van der Waals surface area contributed by atoms with Gasteiger partial charge in [0.25, 0.3) is 5.91 Å². The molecule has 3 N–H and O–H groups in total. The second kappa shape index (κ2) is 8.27. The van der Waals surface area contributed by atoms with Crippen molar-refractivity contribution in [2.75, 3.05) is 5.32 Å². The quantitative estimate of drug-likeness (QED) is 0.470. The number of hydrogen-bond donors (Lipinski definition) is 3. The lowest BCUT2D eigenvalue weighted by Gasteiger charge is -2.16. The van der Waals surface area contributed by atoms with Gasteiger partial charge >= 0.3 is 0 Å². The van der Waals surface area contributed by atoms with E-state index in [9.17, 15) is 4.79 Å². The summed E-state index contributed by atoms with van der Waals surface area (Å²) in [5, 5.41) is 12.4. The van der Waals surface area contributed by atoms with Crippen LogP contribution in [0, 0.1) is 6.92 Å². The molecule has 1 amide bonds. The number of amides is 1. The molecule has 2 aromatic carbocycles. The predicted molar refractivity (Wildman–Crippen MR) is 101 cm³/mol. The normalized spacial score (nSPS) is 11.6. The van der Waals surface area contributed by atoms with E-state index in [0.717, 1.165) is 28.2 Å². The first-order valence-corrected chi connectivity index (χ1v) is 8.42. The Bertz CT molecular complexity index is 864. The molecule has 0 aliphatic carbocycles. The molecule has 3 aromatic rings. The smallest absolute Gasteiger partial charge is 0.255 e. The number of nitrogens with one attached hydrogen (secondary N) is 2. The molecule has 0 radical (unpaired) electrons. The van der Waals surface area contributed by atoms with Gasteiger partial charge in [-0.25, -0.2) is 5.48 Å². The molecule has 0 saturated heterocycles. The van der Waals surface area contributed by atoms with Gasteiger partial charge in [-0.05, 0) is 42.3 Å². The fourth-order valence-electron chi connectivity index (χ4n) is 2.89. The molecule has 26 heavy (non-hydrogen) atoms. The molecule has 1 unspecified atom stereocenters. The first-order valence-electron chi connectivity index (χ1n) is 8.42. The Labute approximate surface area is 152 Å². The second-order valence-electron chi connectivity index (χ2n) is 6.07. The zero-order valence-corrected chi connectivity index (χ0v) is 14.5. The van der Waals surface area contributed by atoms with E-state index in [4.69, 9.17) is 5.21 Å². The van der Waals surface area contributed by atoms with Crippen molar-refractivity contribution in [3.63, 3.8) is 0 Å². The van der Waals surface area contributed by atoms with Crippen LogP contribution in [0.4, 0.5) is 5.69 Å². The highest BCUT2D eigenvalue weighted by Crippen LogP contribution is 2.26. The molecule has 0 spiro atoms. The van der Waals surface area contributed by atoms with Crippen molar-refractivity contribution in [2.45, 2.75) is 19.4 Å². The van der Waals surface area contributed by atoms with Crippen molar-refractivity contribution < 1.29 is 10.0 Å². The van der Waals surface area contributed by atoms with Crippen molar-refractivity contribution in [3.05, 3.63) is 95.3 Å². The molecule has 0 aliphatic rings. The second-order valence-corrected chi connectivity index (χ2v) is 6.07. The molecule has 1 aromatic heterocycles. The average molecular weight is 347 g/mol. The molecular formula is C21H21N3O2. The van der Waals surface area contributed by atoms with Crippen LogP contribution < -0.4 is 10.8 Å². The van der Waals surface area contributed by atoms with E-state index < -0.39 is 11.8 Å². The summed E-state index contributed by atoms with van der Waals surface area (Å²) in [6.45, 7) is 2.59. The number of rotatable bonds is 6. The van der Waals surface area contributed by atoms with Crippen LogP contribution in [0.15, 0.2) is 72.8 Å². The third-order valence-corrected chi connectivity index (χ3v) is 4.17. The maximum Gasteiger partial charge on any atom is 0.255 e. The number of aromatic nitrogens is 1. The highest BCUT2D eigenvalue weighted by Gasteiger charge is 2.22. The van der Waals surface area contributed by atoms with Gasteiger partial charge in [0.2, 0.25) is 0 Å². The topological polar surface area (TPSA) is 74.2 Å². The monoisotopic (exact) mass is 347 g/mol. The Balaban J connectivity index is 1.75. The molecule has 0 saturated carbocycles. The maximum atomic E-state index is 12.2. The van der Waals surface area contributed by atoms with E-state index in [1.807, 2.05) is 79.7 Å². The maximum absolute atomic E-state index is 12.2. The lowest BCUT2D eigenvalue weighted by Crippen LogP contribution is -2.27. The van der Waals surface area contributed by atoms with E-state index in [0.29, 0.717) is 6.54 Å². The number of hydroxylamine groups is 1. The number of anilines is 1. The summed E-state index contributed by atoms with van der Waals surface area (Å²) in [7, 11) is 0. The highest BCUT2D eigenvalue weighted by molar-refractivity contribution is 5.86. The highest BCUT2D eigenvalue weighted by atomic mass is 16.5. The fraction of sp³-hybridized carbons (Fsp3) is 0.143. The number of aryl methyl sites for hydroxylation is 1. The Morgan fingerprint density at radius 3 is 2.31 bits per heavy atom. The van der Waals surface area contributed by atoms with Gasteiger partial charge in [-0.15, -0.1) is 0 Å². The minimum absolute atomic E-state index is 0.458. The zero-order valence-electron chi connectivity index (χ0n) is 14.5. The first kappa shape index (κ1) is 17.6. The number of pyridine rings is 1. The van der Waals surface area contributed by atoms with Crippen LogP contribution in [0.2, 0.25) is 0 Å². The summed E-state index contributed by atoms with van der Waals surface area (Å²) in [6, 6.07) is 22.9. The minimum atomic E-state index is -0.561. The summed E-state index contributed by atoms with van der Waals surface area (Å²) >= 11 is 0. The Hall–Kier alpha value is -3.18. The van der Waals surface area contributed by atoms with Gasteiger partial charge in [0.15, 0.2) is 0 Å². The summed E-state index contributed by atoms with van der Waals surface area (Å²) in [6.07, 6.45) is 0. The molecule has 5 nitrogen and oxygen atoms in total. The number of carbonyl (C=O) groups is 1. The fourth-order valence-corrected chi connectivity index (χ4v) is 2.89. The molecule has 1 heterocycles. The van der Waals surface area contributed by atoms with Crippen LogP contribution in [0.1, 0.15) is 28.4 Å². The van der Waals surface area contributed by atoms with Crippen molar-refractivity contribution in [1.29, 1.82) is 0 Å². The SMILES string of the molecule is Cc1cccc(CNc2ccc(C(C(=O)NO)c3ccccc3)cc2)n1. The number of carbonyl (C=O) groups excluding carboxylic acids is 1. The lowest BCUT2D eigenvalue weighted by molar-refractivity contribution is -0.129. The molecule has 0 bridgehead atoms. The average Bonchev–Trinajstić information content (AvgIpc) is 2.68. The van der Waals surface area contributed by atoms with Crippen molar-refractivity contribution in [2.24, 2.45) is 0 Å². The van der Waals surface area contributed by atoms with E-state index in [2.05, 4.69) is 10.3 Å². The van der Waals surface area contributed by atoms with E-state index >= 15 is 0 Å². The standard InChI is InChI=1S/C21H21N3O2/c1-15-6-5-9-19(23-15)14-22-18-12-10-17(11-13-18)20(21(25)24-26)16-7-3-2-4-8-16/h2-13,20,22,26H,14H2,1H3,(H,24,25). The van der Waals surface area contributed by atoms with Crippen LogP contribution in [0.5, 0.6) is 0 Å². The summed E-state index contributed by atoms with van der Waals surface area (Å²) in [5.41, 5.74) is 6.29. The number of nitrogens with zero attached hydrogens (tertiary/aromatic N) is 1. The zero-order chi connectivity index (χ0) is 18.4. The van der Waals surface area contributed by atoms with Crippen LogP contribution in [0.3, 0.4) is 0 Å². The predicted octanol–water partition coefficient (Wildman–Crippen LogP) is 3.64. The van der Waals surface area contributed by atoms with Crippen LogP contribution in [-0.4, -0.2) is 16.1 Å². The van der Waals surface area contributed by atoms with Crippen molar-refractivity contribution >= 4 is 11.6 Å². The molecule has 132 valence electrons. The molecule has 1 atom stereocenters. The van der Waals surface area contributed by atoms with Gasteiger partial charge in [0.05, 0.1) is 18.2 Å². The Morgan fingerprint density at radius 1 is 0.962 bits per heavy atom. The lowest BCUT2D eigenvalue weighted by atomic mass is 9.90. The summed E-state index contributed by atoms with van der Waals surface area (Å²) in [5.74, 6) is -1.02. The van der Waals surface area contributed by atoms with E-state index in [1.54, 1.807) is 5.48 Å². The first-order chi connectivity index (χ1) is 12.7. The van der Waals surface area contributed by atoms with Gasteiger partial charge in [-0.3, -0.25) is 15.0 Å². The Kier molecular flexibility index (Phi) is 5.61. The van der Waals surface area contributed by atoms with Gasteiger partial charge in [-0.1, -0.05) is 48.5 Å². The van der Waals surface area contributed by atoms with Crippen LogP contribution in [0.25, 0.3) is 0 Å². The van der Waals surface area contributed by atoms with E-state index in [-0.39, 0.29) is 0 Å². The molecule has 3 rings (SSSR count).